The maximum absolute atomic E-state index is 3.49. The summed E-state index contributed by atoms with van der Waals surface area (Å²) >= 11 is 3.49. The fourth-order valence-corrected chi connectivity index (χ4v) is 1.98. The van der Waals surface area contributed by atoms with E-state index in [1.165, 1.54) is 22.0 Å². The molecule has 0 saturated carbocycles. The third-order valence-corrected chi connectivity index (χ3v) is 2.32. The Labute approximate surface area is 88.7 Å². The first-order valence-electron chi connectivity index (χ1n) is 4.69. The van der Waals surface area contributed by atoms with Crippen molar-refractivity contribution in [3.05, 3.63) is 33.8 Å². The minimum absolute atomic E-state index is 0.966. The molecule has 0 spiro atoms. The largest absolute Gasteiger partial charge is 0.313 e. The van der Waals surface area contributed by atoms with E-state index >= 15 is 0 Å². The smallest absolute Gasteiger partial charge is 0.0205 e. The van der Waals surface area contributed by atoms with Crippen molar-refractivity contribution in [2.45, 2.75) is 26.8 Å². The van der Waals surface area contributed by atoms with Crippen LogP contribution in [0.2, 0.25) is 0 Å². The average molecular weight is 242 g/mol. The molecule has 72 valence electrons. The van der Waals surface area contributed by atoms with E-state index in [1.807, 2.05) is 0 Å². The molecule has 1 nitrogen and oxygen atoms in total. The van der Waals surface area contributed by atoms with Crippen molar-refractivity contribution in [1.82, 2.24) is 5.32 Å². The molecule has 1 N–H and O–H groups in total. The Morgan fingerprint density at radius 3 is 2.69 bits per heavy atom. The Kier molecular flexibility index (Phi) is 4.46. The van der Waals surface area contributed by atoms with Crippen molar-refractivity contribution in [2.75, 3.05) is 6.54 Å². The van der Waals surface area contributed by atoms with Crippen LogP contribution in [-0.2, 0) is 6.54 Å². The lowest BCUT2D eigenvalue weighted by atomic mass is 10.1. The van der Waals surface area contributed by atoms with Crippen molar-refractivity contribution in [3.63, 3.8) is 0 Å². The Morgan fingerprint density at radius 1 is 1.31 bits per heavy atom. The maximum atomic E-state index is 3.49. The first-order valence-corrected chi connectivity index (χ1v) is 5.48. The van der Waals surface area contributed by atoms with Crippen LogP contribution in [0.4, 0.5) is 0 Å². The lowest BCUT2D eigenvalue weighted by molar-refractivity contribution is 0.675. The predicted molar refractivity (Wildman–Crippen MR) is 60.9 cm³/mol. The number of hydrogen-bond acceptors (Lipinski definition) is 1. The fraction of sp³-hybridized carbons (Fsp3) is 0.455. The summed E-state index contributed by atoms with van der Waals surface area (Å²) in [7, 11) is 0. The number of benzene rings is 1. The molecule has 0 saturated heterocycles. The summed E-state index contributed by atoms with van der Waals surface area (Å²) < 4.78 is 1.17. The Hall–Kier alpha value is -0.340. The van der Waals surface area contributed by atoms with Crippen LogP contribution < -0.4 is 5.32 Å². The van der Waals surface area contributed by atoms with Gasteiger partial charge in [0, 0.05) is 11.0 Å². The minimum atomic E-state index is 0.966. The van der Waals surface area contributed by atoms with E-state index < -0.39 is 0 Å². The van der Waals surface area contributed by atoms with Gasteiger partial charge in [-0.05, 0) is 43.1 Å². The molecule has 0 atom stereocenters. The van der Waals surface area contributed by atoms with Gasteiger partial charge in [0.25, 0.3) is 0 Å². The molecule has 0 aliphatic carbocycles. The monoisotopic (exact) mass is 241 g/mol. The van der Waals surface area contributed by atoms with E-state index in [9.17, 15) is 0 Å². The molecule has 0 fully saturated rings. The van der Waals surface area contributed by atoms with Crippen molar-refractivity contribution < 1.29 is 0 Å². The van der Waals surface area contributed by atoms with Gasteiger partial charge in [-0.2, -0.15) is 0 Å². The van der Waals surface area contributed by atoms with Crippen LogP contribution >= 0.6 is 15.9 Å². The summed E-state index contributed by atoms with van der Waals surface area (Å²) in [5.74, 6) is 0. The molecule has 1 aromatic rings. The molecule has 1 aromatic carbocycles. The van der Waals surface area contributed by atoms with Gasteiger partial charge in [-0.1, -0.05) is 28.9 Å². The van der Waals surface area contributed by atoms with Crippen LogP contribution in [0.25, 0.3) is 0 Å². The molecule has 0 aliphatic heterocycles. The van der Waals surface area contributed by atoms with Crippen molar-refractivity contribution in [1.29, 1.82) is 0 Å². The number of aryl methyl sites for hydroxylation is 1. The zero-order valence-corrected chi connectivity index (χ0v) is 9.82. The first-order chi connectivity index (χ1) is 6.22. The molecule has 2 heteroatoms. The molecule has 0 bridgehead atoms. The van der Waals surface area contributed by atoms with E-state index in [4.69, 9.17) is 0 Å². The van der Waals surface area contributed by atoms with Gasteiger partial charge in [0.15, 0.2) is 0 Å². The molecular weight excluding hydrogens is 226 g/mol. The highest BCUT2D eigenvalue weighted by Gasteiger charge is 1.95. The Morgan fingerprint density at radius 2 is 2.08 bits per heavy atom. The topological polar surface area (TPSA) is 12.0 Å². The van der Waals surface area contributed by atoms with Gasteiger partial charge < -0.3 is 5.32 Å². The lowest BCUT2D eigenvalue weighted by Crippen LogP contribution is -2.13. The molecule has 13 heavy (non-hydrogen) atoms. The molecular formula is C11H16BrN. The van der Waals surface area contributed by atoms with Crippen LogP contribution in [-0.4, -0.2) is 6.54 Å². The van der Waals surface area contributed by atoms with Gasteiger partial charge in [0.1, 0.15) is 0 Å². The van der Waals surface area contributed by atoms with Gasteiger partial charge in [-0.15, -0.1) is 0 Å². The Bertz CT molecular complexity index is 251. The zero-order chi connectivity index (χ0) is 9.68. The average Bonchev–Trinajstić information content (AvgIpc) is 2.03. The van der Waals surface area contributed by atoms with E-state index in [-0.39, 0.29) is 0 Å². The Balaban J connectivity index is 2.56. The summed E-state index contributed by atoms with van der Waals surface area (Å²) in [5, 5.41) is 3.38. The molecule has 0 aliphatic rings. The number of hydrogen-bond donors (Lipinski definition) is 1. The van der Waals surface area contributed by atoms with Crippen LogP contribution in [0.1, 0.15) is 24.5 Å². The van der Waals surface area contributed by atoms with Gasteiger partial charge in [0.05, 0.1) is 0 Å². The summed E-state index contributed by atoms with van der Waals surface area (Å²) in [5.41, 5.74) is 2.66. The van der Waals surface area contributed by atoms with E-state index in [2.05, 4.69) is 53.3 Å². The second kappa shape index (κ2) is 5.40. The minimum Gasteiger partial charge on any atom is -0.313 e. The van der Waals surface area contributed by atoms with Crippen LogP contribution in [0.3, 0.4) is 0 Å². The third-order valence-electron chi connectivity index (χ3n) is 1.86. The quantitative estimate of drug-likeness (QED) is 0.799. The highest BCUT2D eigenvalue weighted by atomic mass is 79.9. The lowest BCUT2D eigenvalue weighted by Gasteiger charge is -2.05. The molecule has 0 unspecified atom stereocenters. The summed E-state index contributed by atoms with van der Waals surface area (Å²) in [6.45, 7) is 6.35. The number of rotatable bonds is 4. The number of nitrogens with one attached hydrogen (secondary N) is 1. The van der Waals surface area contributed by atoms with E-state index in [0.717, 1.165) is 13.1 Å². The first kappa shape index (κ1) is 10.7. The van der Waals surface area contributed by atoms with Crippen molar-refractivity contribution in [2.24, 2.45) is 0 Å². The van der Waals surface area contributed by atoms with Gasteiger partial charge in [-0.25, -0.2) is 0 Å². The number of halogens is 1. The third kappa shape index (κ3) is 3.92. The summed E-state index contributed by atoms with van der Waals surface area (Å²) in [6.07, 6.45) is 1.19. The van der Waals surface area contributed by atoms with Crippen molar-refractivity contribution in [3.8, 4) is 0 Å². The van der Waals surface area contributed by atoms with Gasteiger partial charge in [0.2, 0.25) is 0 Å². The van der Waals surface area contributed by atoms with Crippen LogP contribution in [0, 0.1) is 6.92 Å². The SMILES string of the molecule is CCCNCc1cc(C)cc(Br)c1. The molecule has 0 radical (unpaired) electrons. The summed E-state index contributed by atoms with van der Waals surface area (Å²) in [4.78, 5) is 0. The maximum Gasteiger partial charge on any atom is 0.0205 e. The summed E-state index contributed by atoms with van der Waals surface area (Å²) in [6, 6.07) is 6.51. The highest BCUT2D eigenvalue weighted by Crippen LogP contribution is 2.14. The molecule has 1 rings (SSSR count). The van der Waals surface area contributed by atoms with Crippen molar-refractivity contribution >= 4 is 15.9 Å². The normalized spacial score (nSPS) is 10.4. The molecule has 0 heterocycles. The van der Waals surface area contributed by atoms with Gasteiger partial charge in [-0.3, -0.25) is 0 Å². The second-order valence-corrected chi connectivity index (χ2v) is 4.23. The second-order valence-electron chi connectivity index (χ2n) is 3.31. The zero-order valence-electron chi connectivity index (χ0n) is 8.23. The van der Waals surface area contributed by atoms with Crippen LogP contribution in [0.15, 0.2) is 22.7 Å². The van der Waals surface area contributed by atoms with Crippen LogP contribution in [0.5, 0.6) is 0 Å². The van der Waals surface area contributed by atoms with Gasteiger partial charge >= 0.3 is 0 Å². The van der Waals surface area contributed by atoms with E-state index in [1.54, 1.807) is 0 Å². The van der Waals surface area contributed by atoms with E-state index in [0.29, 0.717) is 0 Å². The fourth-order valence-electron chi connectivity index (χ4n) is 1.32. The molecule has 0 amide bonds. The highest BCUT2D eigenvalue weighted by molar-refractivity contribution is 9.10. The molecule has 0 aromatic heterocycles. The standard InChI is InChI=1S/C11H16BrN/c1-3-4-13-8-10-5-9(2)6-11(12)7-10/h5-7,13H,3-4,8H2,1-2H3. The predicted octanol–water partition coefficient (Wildman–Crippen LogP) is 3.26.